The van der Waals surface area contributed by atoms with Gasteiger partial charge in [0.2, 0.25) is 5.91 Å². The molecule has 1 amide bonds. The number of rotatable bonds is 6. The molecule has 5 N–H and O–H groups in total. The Morgan fingerprint density at radius 2 is 2.24 bits per heavy atom. The first-order chi connectivity index (χ1) is 8.08. The van der Waals surface area contributed by atoms with Crippen LogP contribution in [0.3, 0.4) is 0 Å². The van der Waals surface area contributed by atoms with Crippen LogP contribution in [0.2, 0.25) is 0 Å². The second-order valence-corrected chi connectivity index (χ2v) is 3.92. The van der Waals surface area contributed by atoms with E-state index in [0.29, 0.717) is 12.2 Å². The second-order valence-electron chi connectivity index (χ2n) is 3.92. The predicted molar refractivity (Wildman–Crippen MR) is 66.3 cm³/mol. The molecule has 5 heteroatoms. The molecule has 0 bridgehead atoms. The molecule has 1 atom stereocenters. The molecule has 0 radical (unpaired) electrons. The first kappa shape index (κ1) is 13.4. The first-order valence-electron chi connectivity index (χ1n) is 5.64. The van der Waals surface area contributed by atoms with Gasteiger partial charge in [-0.2, -0.15) is 0 Å². The Hall–Kier alpha value is -1.62. The number of carbonyl (C=O) groups is 1. The summed E-state index contributed by atoms with van der Waals surface area (Å²) >= 11 is 0. The quantitative estimate of drug-likeness (QED) is 0.703. The smallest absolute Gasteiger partial charge is 0.248 e. The molecular weight excluding hydrogens is 221 g/mol. The summed E-state index contributed by atoms with van der Waals surface area (Å²) < 4.78 is 13.6. The van der Waals surface area contributed by atoms with E-state index in [2.05, 4.69) is 5.32 Å². The van der Waals surface area contributed by atoms with Gasteiger partial charge in [-0.25, -0.2) is 4.39 Å². The topological polar surface area (TPSA) is 81.1 Å². The summed E-state index contributed by atoms with van der Waals surface area (Å²) in [6.07, 6.45) is 1.84. The van der Waals surface area contributed by atoms with Crippen LogP contribution in [0.15, 0.2) is 18.2 Å². The summed E-state index contributed by atoms with van der Waals surface area (Å²) in [6, 6.07) is 4.17. The summed E-state index contributed by atoms with van der Waals surface area (Å²) in [5.41, 5.74) is 11.1. The predicted octanol–water partition coefficient (Wildman–Crippen LogP) is 1.46. The van der Waals surface area contributed by atoms with Gasteiger partial charge in [0.15, 0.2) is 0 Å². The molecule has 17 heavy (non-hydrogen) atoms. The fraction of sp³-hybridized carbons (Fsp3) is 0.417. The van der Waals surface area contributed by atoms with Crippen molar-refractivity contribution in [3.05, 3.63) is 29.6 Å². The Morgan fingerprint density at radius 1 is 1.53 bits per heavy atom. The molecule has 94 valence electrons. The maximum absolute atomic E-state index is 13.6. The highest BCUT2D eigenvalue weighted by Gasteiger charge is 2.10. The normalized spacial score (nSPS) is 12.2. The van der Waals surface area contributed by atoms with Gasteiger partial charge in [0, 0.05) is 18.2 Å². The van der Waals surface area contributed by atoms with Gasteiger partial charge in [-0.3, -0.25) is 4.79 Å². The third-order valence-corrected chi connectivity index (χ3v) is 2.53. The van der Waals surface area contributed by atoms with Crippen molar-refractivity contribution in [2.45, 2.75) is 25.8 Å². The molecule has 0 saturated carbocycles. The van der Waals surface area contributed by atoms with Crippen LogP contribution in [0.1, 0.15) is 30.1 Å². The SMILES string of the molecule is CCCC(CN)Nc1ccc(C(N)=O)cc1F. The van der Waals surface area contributed by atoms with Crippen molar-refractivity contribution in [1.29, 1.82) is 0 Å². The van der Waals surface area contributed by atoms with Crippen molar-refractivity contribution in [2.24, 2.45) is 11.5 Å². The van der Waals surface area contributed by atoms with E-state index in [9.17, 15) is 9.18 Å². The number of primary amides is 1. The van der Waals surface area contributed by atoms with Gasteiger partial charge in [0.25, 0.3) is 0 Å². The van der Waals surface area contributed by atoms with Gasteiger partial charge in [-0.05, 0) is 24.6 Å². The van der Waals surface area contributed by atoms with Crippen LogP contribution in [-0.4, -0.2) is 18.5 Å². The fourth-order valence-electron chi connectivity index (χ4n) is 1.60. The Morgan fingerprint density at radius 3 is 2.71 bits per heavy atom. The zero-order valence-electron chi connectivity index (χ0n) is 9.87. The first-order valence-corrected chi connectivity index (χ1v) is 5.64. The summed E-state index contributed by atoms with van der Waals surface area (Å²) in [5, 5.41) is 3.01. The Bertz CT molecular complexity index is 395. The molecule has 1 aromatic carbocycles. The number of amides is 1. The largest absolute Gasteiger partial charge is 0.379 e. The lowest BCUT2D eigenvalue weighted by molar-refractivity contribution is 0.1000. The highest BCUT2D eigenvalue weighted by Crippen LogP contribution is 2.17. The van der Waals surface area contributed by atoms with E-state index < -0.39 is 11.7 Å². The number of halogens is 1. The van der Waals surface area contributed by atoms with Crippen molar-refractivity contribution in [3.63, 3.8) is 0 Å². The molecular formula is C12H18FN3O. The highest BCUT2D eigenvalue weighted by molar-refractivity contribution is 5.93. The number of hydrogen-bond acceptors (Lipinski definition) is 3. The molecule has 1 rings (SSSR count). The molecule has 0 saturated heterocycles. The summed E-state index contributed by atoms with van der Waals surface area (Å²) in [4.78, 5) is 10.9. The number of carbonyl (C=O) groups excluding carboxylic acids is 1. The monoisotopic (exact) mass is 239 g/mol. The van der Waals surface area contributed by atoms with Crippen molar-refractivity contribution in [1.82, 2.24) is 0 Å². The number of anilines is 1. The van der Waals surface area contributed by atoms with Crippen LogP contribution in [0.4, 0.5) is 10.1 Å². The molecule has 4 nitrogen and oxygen atoms in total. The van der Waals surface area contributed by atoms with E-state index in [1.54, 1.807) is 0 Å². The van der Waals surface area contributed by atoms with Crippen molar-refractivity contribution < 1.29 is 9.18 Å². The van der Waals surface area contributed by atoms with E-state index in [1.165, 1.54) is 12.1 Å². The molecule has 0 fully saturated rings. The molecule has 0 aliphatic carbocycles. The Balaban J connectivity index is 2.81. The van der Waals surface area contributed by atoms with E-state index in [0.717, 1.165) is 18.9 Å². The molecule has 0 spiro atoms. The molecule has 1 aromatic rings. The summed E-state index contributed by atoms with van der Waals surface area (Å²) in [5.74, 6) is -1.13. The van der Waals surface area contributed by atoms with Gasteiger partial charge >= 0.3 is 0 Å². The minimum absolute atomic E-state index is 0.0360. The summed E-state index contributed by atoms with van der Waals surface area (Å²) in [6.45, 7) is 2.47. The average Bonchev–Trinajstić information content (AvgIpc) is 2.30. The van der Waals surface area contributed by atoms with Crippen LogP contribution < -0.4 is 16.8 Å². The third kappa shape index (κ3) is 3.71. The van der Waals surface area contributed by atoms with E-state index in [-0.39, 0.29) is 11.6 Å². The van der Waals surface area contributed by atoms with Gasteiger partial charge in [0.05, 0.1) is 5.69 Å². The van der Waals surface area contributed by atoms with Gasteiger partial charge in [0.1, 0.15) is 5.82 Å². The maximum Gasteiger partial charge on any atom is 0.248 e. The van der Waals surface area contributed by atoms with E-state index in [4.69, 9.17) is 11.5 Å². The van der Waals surface area contributed by atoms with Crippen LogP contribution in [0.25, 0.3) is 0 Å². The van der Waals surface area contributed by atoms with Crippen molar-refractivity contribution in [2.75, 3.05) is 11.9 Å². The van der Waals surface area contributed by atoms with E-state index in [1.807, 2.05) is 6.92 Å². The number of hydrogen-bond donors (Lipinski definition) is 3. The lowest BCUT2D eigenvalue weighted by atomic mass is 10.1. The van der Waals surface area contributed by atoms with Crippen LogP contribution in [-0.2, 0) is 0 Å². The van der Waals surface area contributed by atoms with Gasteiger partial charge in [-0.1, -0.05) is 13.3 Å². The number of nitrogens with two attached hydrogens (primary N) is 2. The average molecular weight is 239 g/mol. The Labute approximate surface area is 100 Å². The lowest BCUT2D eigenvalue weighted by Crippen LogP contribution is -2.29. The molecule has 0 aliphatic heterocycles. The Kier molecular flexibility index (Phi) is 4.90. The lowest BCUT2D eigenvalue weighted by Gasteiger charge is -2.17. The fourth-order valence-corrected chi connectivity index (χ4v) is 1.60. The standard InChI is InChI=1S/C12H18FN3O/c1-2-3-9(7-14)16-11-5-4-8(12(15)17)6-10(11)13/h4-6,9,16H,2-3,7,14H2,1H3,(H2,15,17). The zero-order valence-corrected chi connectivity index (χ0v) is 9.87. The van der Waals surface area contributed by atoms with Gasteiger partial charge < -0.3 is 16.8 Å². The van der Waals surface area contributed by atoms with Crippen LogP contribution in [0, 0.1) is 5.82 Å². The van der Waals surface area contributed by atoms with Crippen molar-refractivity contribution in [3.8, 4) is 0 Å². The third-order valence-electron chi connectivity index (χ3n) is 2.53. The zero-order chi connectivity index (χ0) is 12.8. The van der Waals surface area contributed by atoms with E-state index >= 15 is 0 Å². The number of nitrogens with one attached hydrogen (secondary N) is 1. The van der Waals surface area contributed by atoms with Crippen LogP contribution in [0.5, 0.6) is 0 Å². The molecule has 0 aromatic heterocycles. The molecule has 1 unspecified atom stereocenters. The maximum atomic E-state index is 13.6. The van der Waals surface area contributed by atoms with Crippen molar-refractivity contribution >= 4 is 11.6 Å². The van der Waals surface area contributed by atoms with Crippen LogP contribution >= 0.6 is 0 Å². The number of benzene rings is 1. The summed E-state index contributed by atoms with van der Waals surface area (Å²) in [7, 11) is 0. The second kappa shape index (κ2) is 6.20. The molecule has 0 heterocycles. The molecule has 0 aliphatic rings. The van der Waals surface area contributed by atoms with Gasteiger partial charge in [-0.15, -0.1) is 0 Å². The minimum atomic E-state index is -0.639. The minimum Gasteiger partial charge on any atom is -0.379 e. The highest BCUT2D eigenvalue weighted by atomic mass is 19.1.